The molecular formula is C66H52B2N4Se. The number of hydrogen-bond donors (Lipinski definition) is 0. The minimum atomic E-state index is -0.0442. The molecule has 0 fully saturated rings. The zero-order valence-electron chi connectivity index (χ0n) is 42.0. The van der Waals surface area contributed by atoms with E-state index in [1.807, 2.05) is 0 Å². The molecule has 5 aliphatic rings. The fraction of sp³-hybridized carbons (Fsp3) is 0.121. The van der Waals surface area contributed by atoms with Crippen LogP contribution in [0.5, 0.6) is 0 Å². The molecule has 4 nitrogen and oxygen atoms in total. The molecule has 15 rings (SSSR count). The van der Waals surface area contributed by atoms with E-state index in [9.17, 15) is 0 Å². The average molecular weight is 1000 g/mol. The molecule has 0 radical (unpaired) electrons. The van der Waals surface area contributed by atoms with E-state index in [0.717, 1.165) is 0 Å². The number of nitrogens with zero attached hydrogens (tertiary/aromatic N) is 4. The van der Waals surface area contributed by atoms with Crippen molar-refractivity contribution in [1.82, 2.24) is 0 Å². The van der Waals surface area contributed by atoms with Gasteiger partial charge in [-0.25, -0.2) is 0 Å². The Kier molecular flexibility index (Phi) is 9.07. The molecule has 0 N–H and O–H groups in total. The van der Waals surface area contributed by atoms with E-state index in [-0.39, 0.29) is 38.8 Å². The van der Waals surface area contributed by atoms with Gasteiger partial charge in [0, 0.05) is 0 Å². The zero-order valence-corrected chi connectivity index (χ0v) is 43.7. The van der Waals surface area contributed by atoms with Gasteiger partial charge in [-0.05, 0) is 0 Å². The summed E-state index contributed by atoms with van der Waals surface area (Å²) in [5.41, 5.74) is 28.1. The van der Waals surface area contributed by atoms with Crippen molar-refractivity contribution in [1.29, 1.82) is 0 Å². The van der Waals surface area contributed by atoms with Gasteiger partial charge in [0.2, 0.25) is 0 Å². The monoisotopic (exact) mass is 1000 g/mol. The van der Waals surface area contributed by atoms with Gasteiger partial charge in [-0.2, -0.15) is 0 Å². The molecule has 10 aromatic rings. The minimum absolute atomic E-state index is 0.0402. The average Bonchev–Trinajstić information content (AvgIpc) is 3.83. The SMILES string of the molecule is CC(C)(C)c1ccc2c(c1)B1c3[se]c4c5c3N(c3ccccc3N5c3cc(-c5ccccc5)cc5c3B4c3ccc(C(C)(C)C)cc3N5c3ccccc3)c3cc(-c4ccccc4)cc(c31)N2c1ccccc1. The Hall–Kier alpha value is -7.69. The number of rotatable bonds is 4. The van der Waals surface area contributed by atoms with Gasteiger partial charge in [-0.3, -0.25) is 0 Å². The fourth-order valence-corrected chi connectivity index (χ4v) is 16.0. The van der Waals surface area contributed by atoms with Gasteiger partial charge in [0.25, 0.3) is 0 Å². The molecule has 5 aliphatic heterocycles. The van der Waals surface area contributed by atoms with Crippen molar-refractivity contribution >= 4 is 127 Å². The van der Waals surface area contributed by atoms with Gasteiger partial charge >= 0.3 is 438 Å². The molecular weight excluding hydrogens is 949 g/mol. The first-order chi connectivity index (χ1) is 35.5. The molecule has 0 atom stereocenters. The molecule has 6 heterocycles. The van der Waals surface area contributed by atoms with E-state index in [2.05, 4.69) is 267 Å². The van der Waals surface area contributed by atoms with Gasteiger partial charge in [-0.15, -0.1) is 0 Å². The molecule has 0 aliphatic carbocycles. The van der Waals surface area contributed by atoms with Crippen LogP contribution in [0.15, 0.2) is 206 Å². The van der Waals surface area contributed by atoms with E-state index in [1.165, 1.54) is 123 Å². The summed E-state index contributed by atoms with van der Waals surface area (Å²) in [6, 6.07) is 78.4. The Balaban J connectivity index is 1.09. The maximum absolute atomic E-state index is 2.71. The summed E-state index contributed by atoms with van der Waals surface area (Å²) >= 11 is -0.0442. The Morgan fingerprint density at radius 3 is 1.19 bits per heavy atom. The Morgan fingerprint density at radius 1 is 0.315 bits per heavy atom. The molecule has 0 bridgehead atoms. The van der Waals surface area contributed by atoms with Crippen LogP contribution in [0.3, 0.4) is 0 Å². The fourth-order valence-electron chi connectivity index (χ4n) is 12.8. The van der Waals surface area contributed by atoms with Crippen molar-refractivity contribution in [2.45, 2.75) is 52.4 Å². The van der Waals surface area contributed by atoms with Crippen LogP contribution in [-0.2, 0) is 10.8 Å². The molecule has 1 aromatic heterocycles. The molecule has 0 spiro atoms. The van der Waals surface area contributed by atoms with E-state index in [1.54, 1.807) is 8.67 Å². The maximum atomic E-state index is 2.71. The standard InChI is InChI=1S/C66H52B2N4Se/c1-65(2,3)45-32-34-51-50(39-45)68-60-55(69(51)47-25-15-9-16-26-47)35-43(41-21-11-7-12-22-41)38-58(60)72-53-30-20-19-29-52(53)71-57-37-44(42-23-13-8-14-24-42)36-56-59(57)67(63-61(71)62(72)64(68)73-63)49-33-31-46(66(4,5)6)40-54(49)70(56)48-27-17-10-18-28-48/h7-40H,1-6H3. The van der Waals surface area contributed by atoms with Crippen molar-refractivity contribution < 1.29 is 0 Å². The summed E-state index contributed by atoms with van der Waals surface area (Å²) < 4.78 is 3.10. The van der Waals surface area contributed by atoms with Crippen LogP contribution in [0.2, 0.25) is 0 Å². The quantitative estimate of drug-likeness (QED) is 0.163. The third-order valence-electron chi connectivity index (χ3n) is 16.2. The zero-order chi connectivity index (χ0) is 49.1. The topological polar surface area (TPSA) is 13.0 Å². The molecule has 0 saturated carbocycles. The summed E-state index contributed by atoms with van der Waals surface area (Å²) in [7, 11) is 0. The first-order valence-electron chi connectivity index (χ1n) is 25.8. The number of fused-ring (bicyclic) bond motifs is 11. The Bertz CT molecular complexity index is 3910. The van der Waals surface area contributed by atoms with E-state index >= 15 is 0 Å². The van der Waals surface area contributed by atoms with Crippen molar-refractivity contribution in [3.63, 3.8) is 0 Å². The summed E-state index contributed by atoms with van der Waals surface area (Å²) in [5.74, 6) is 0. The van der Waals surface area contributed by atoms with Gasteiger partial charge in [0.05, 0.1) is 0 Å². The van der Waals surface area contributed by atoms with Crippen LogP contribution in [0.1, 0.15) is 52.7 Å². The van der Waals surface area contributed by atoms with Crippen molar-refractivity contribution in [2.75, 3.05) is 19.6 Å². The first-order valence-corrected chi connectivity index (χ1v) is 27.5. The van der Waals surface area contributed by atoms with Gasteiger partial charge < -0.3 is 0 Å². The predicted molar refractivity (Wildman–Crippen MR) is 313 cm³/mol. The number of anilines is 12. The van der Waals surface area contributed by atoms with E-state index in [0.29, 0.717) is 0 Å². The predicted octanol–water partition coefficient (Wildman–Crippen LogP) is 13.2. The van der Waals surface area contributed by atoms with Crippen LogP contribution >= 0.6 is 0 Å². The van der Waals surface area contributed by atoms with Crippen molar-refractivity contribution in [2.24, 2.45) is 0 Å². The summed E-state index contributed by atoms with van der Waals surface area (Å²) in [4.78, 5) is 10.6. The second kappa shape index (κ2) is 15.4. The molecule has 73 heavy (non-hydrogen) atoms. The van der Waals surface area contributed by atoms with Gasteiger partial charge in [0.1, 0.15) is 0 Å². The van der Waals surface area contributed by atoms with Crippen LogP contribution in [0.25, 0.3) is 22.3 Å². The molecule has 348 valence electrons. The third kappa shape index (κ3) is 6.16. The first kappa shape index (κ1) is 42.9. The van der Waals surface area contributed by atoms with Crippen LogP contribution < -0.4 is 50.1 Å². The van der Waals surface area contributed by atoms with Crippen LogP contribution in [0, 0.1) is 0 Å². The number of para-hydroxylation sites is 4. The Labute approximate surface area is 435 Å². The summed E-state index contributed by atoms with van der Waals surface area (Å²) in [5, 5.41) is 0. The Morgan fingerprint density at radius 2 is 0.712 bits per heavy atom. The van der Waals surface area contributed by atoms with Crippen molar-refractivity contribution in [3.05, 3.63) is 217 Å². The van der Waals surface area contributed by atoms with Crippen molar-refractivity contribution in [3.8, 4) is 22.3 Å². The second-order valence-corrected chi connectivity index (χ2v) is 24.8. The van der Waals surface area contributed by atoms with E-state index in [4.69, 9.17) is 0 Å². The molecule has 0 saturated heterocycles. The molecule has 0 amide bonds. The third-order valence-corrected chi connectivity index (χ3v) is 18.9. The summed E-state index contributed by atoms with van der Waals surface area (Å²) in [6.07, 6.45) is 0. The number of hydrogen-bond acceptors (Lipinski definition) is 4. The van der Waals surface area contributed by atoms with Gasteiger partial charge in [-0.1, -0.05) is 0 Å². The summed E-state index contributed by atoms with van der Waals surface area (Å²) in [6.45, 7) is 14.2. The van der Waals surface area contributed by atoms with E-state index < -0.39 is 0 Å². The number of benzene rings is 9. The molecule has 9 aromatic carbocycles. The van der Waals surface area contributed by atoms with Crippen LogP contribution in [0.4, 0.5) is 68.2 Å². The normalized spacial score (nSPS) is 14.3. The molecule has 0 unspecified atom stereocenters. The second-order valence-electron chi connectivity index (χ2n) is 22.5. The molecule has 7 heteroatoms. The van der Waals surface area contributed by atoms with Crippen LogP contribution in [-0.4, -0.2) is 27.9 Å². The van der Waals surface area contributed by atoms with Gasteiger partial charge in [0.15, 0.2) is 0 Å².